The molecule has 4 aromatic rings. The van der Waals surface area contributed by atoms with Crippen molar-refractivity contribution in [1.29, 1.82) is 0 Å². The molecular formula is C29H26N2O5S. The average Bonchev–Trinajstić information content (AvgIpc) is 3.42. The first-order chi connectivity index (χ1) is 17.9. The van der Waals surface area contributed by atoms with Crippen molar-refractivity contribution in [2.24, 2.45) is 0 Å². The number of fused-ring (bicyclic) bond motifs is 1. The number of hydrogen-bond donors (Lipinski definition) is 1. The lowest BCUT2D eigenvalue weighted by molar-refractivity contribution is -0.132. The summed E-state index contributed by atoms with van der Waals surface area (Å²) in [4.78, 5) is 33.0. The molecule has 1 aliphatic heterocycles. The molecule has 1 fully saturated rings. The van der Waals surface area contributed by atoms with E-state index in [1.165, 1.54) is 16.2 Å². The van der Waals surface area contributed by atoms with Crippen LogP contribution in [0.15, 0.2) is 72.3 Å². The lowest BCUT2D eigenvalue weighted by atomic mass is 9.95. The molecular weight excluding hydrogens is 488 g/mol. The summed E-state index contributed by atoms with van der Waals surface area (Å²) in [5, 5.41) is 11.8. The van der Waals surface area contributed by atoms with Crippen LogP contribution in [0.1, 0.15) is 36.6 Å². The van der Waals surface area contributed by atoms with E-state index in [1.54, 1.807) is 24.3 Å². The number of ether oxygens (including phenoxy) is 2. The average molecular weight is 515 g/mol. The zero-order valence-corrected chi connectivity index (χ0v) is 21.5. The van der Waals surface area contributed by atoms with Gasteiger partial charge < -0.3 is 14.6 Å². The van der Waals surface area contributed by atoms with Gasteiger partial charge in [0.25, 0.3) is 5.78 Å². The number of rotatable bonds is 7. The van der Waals surface area contributed by atoms with E-state index < -0.39 is 17.7 Å². The summed E-state index contributed by atoms with van der Waals surface area (Å²) in [6.07, 6.45) is 0. The van der Waals surface area contributed by atoms with E-state index in [0.717, 1.165) is 10.3 Å². The quantitative estimate of drug-likeness (QED) is 0.184. The highest BCUT2D eigenvalue weighted by Crippen LogP contribution is 2.44. The molecule has 1 unspecified atom stereocenters. The first-order valence-corrected chi connectivity index (χ1v) is 12.9. The Labute approximate surface area is 218 Å². The molecule has 37 heavy (non-hydrogen) atoms. The SMILES string of the molecule is CCOc1cccc(/C(O)=C2\C(=O)C(=O)N(c3nc4ccc(OCC)cc4s3)C2c2ccc(C)cc2)c1. The van der Waals surface area contributed by atoms with Gasteiger partial charge in [-0.2, -0.15) is 0 Å². The molecule has 7 nitrogen and oxygen atoms in total. The summed E-state index contributed by atoms with van der Waals surface area (Å²) in [6.45, 7) is 6.73. The molecule has 1 aromatic heterocycles. The normalized spacial score (nSPS) is 16.9. The van der Waals surface area contributed by atoms with Crippen LogP contribution in [0.5, 0.6) is 11.5 Å². The summed E-state index contributed by atoms with van der Waals surface area (Å²) < 4.78 is 12.0. The number of benzene rings is 3. The van der Waals surface area contributed by atoms with Crippen molar-refractivity contribution in [1.82, 2.24) is 4.98 Å². The van der Waals surface area contributed by atoms with Crippen LogP contribution in [-0.2, 0) is 9.59 Å². The Bertz CT molecular complexity index is 1520. The summed E-state index contributed by atoms with van der Waals surface area (Å²) in [7, 11) is 0. The van der Waals surface area contributed by atoms with Crippen molar-refractivity contribution in [3.05, 3.63) is 89.0 Å². The maximum Gasteiger partial charge on any atom is 0.301 e. The summed E-state index contributed by atoms with van der Waals surface area (Å²) in [5.41, 5.74) is 2.83. The van der Waals surface area contributed by atoms with Crippen molar-refractivity contribution in [3.63, 3.8) is 0 Å². The fourth-order valence-corrected chi connectivity index (χ4v) is 5.42. The Morgan fingerprint density at radius 2 is 1.68 bits per heavy atom. The number of carbonyl (C=O) groups excluding carboxylic acids is 2. The number of nitrogens with zero attached hydrogens (tertiary/aromatic N) is 2. The zero-order chi connectivity index (χ0) is 26.1. The molecule has 0 radical (unpaired) electrons. The molecule has 1 N–H and O–H groups in total. The third kappa shape index (κ3) is 4.56. The smallest absolute Gasteiger partial charge is 0.301 e. The molecule has 0 saturated carbocycles. The van der Waals surface area contributed by atoms with Crippen LogP contribution in [0.4, 0.5) is 5.13 Å². The van der Waals surface area contributed by atoms with Gasteiger partial charge in [0, 0.05) is 5.56 Å². The number of Topliss-reactive ketones (excluding diaryl/α,β-unsaturated/α-hetero) is 1. The first-order valence-electron chi connectivity index (χ1n) is 12.1. The lowest BCUT2D eigenvalue weighted by Crippen LogP contribution is -2.29. The number of thiazole rings is 1. The minimum Gasteiger partial charge on any atom is -0.507 e. The molecule has 1 atom stereocenters. The fraction of sp³-hybridized carbons (Fsp3) is 0.207. The highest BCUT2D eigenvalue weighted by molar-refractivity contribution is 7.22. The van der Waals surface area contributed by atoms with Gasteiger partial charge in [0.05, 0.1) is 35.0 Å². The van der Waals surface area contributed by atoms with Gasteiger partial charge in [0.1, 0.15) is 17.3 Å². The molecule has 0 aliphatic carbocycles. The third-order valence-electron chi connectivity index (χ3n) is 6.12. The Morgan fingerprint density at radius 3 is 2.38 bits per heavy atom. The number of aliphatic hydroxyl groups excluding tert-OH is 1. The van der Waals surface area contributed by atoms with Crippen molar-refractivity contribution in [3.8, 4) is 11.5 Å². The maximum absolute atomic E-state index is 13.5. The van der Waals surface area contributed by atoms with Gasteiger partial charge in [0.2, 0.25) is 0 Å². The minimum absolute atomic E-state index is 0.0109. The Kier molecular flexibility index (Phi) is 6.67. The van der Waals surface area contributed by atoms with E-state index in [1.807, 2.05) is 63.2 Å². The van der Waals surface area contributed by atoms with E-state index in [0.29, 0.717) is 46.5 Å². The van der Waals surface area contributed by atoms with Crippen LogP contribution in [0.2, 0.25) is 0 Å². The predicted molar refractivity (Wildman–Crippen MR) is 144 cm³/mol. The molecule has 1 saturated heterocycles. The standard InChI is InChI=1S/C29H26N2O5S/c1-4-35-20-8-6-7-19(15-20)26(32)24-25(18-11-9-17(3)10-12-18)31(28(34)27(24)33)29-30-22-14-13-21(36-5-2)16-23(22)37-29/h6-16,25,32H,4-5H2,1-3H3/b26-24+. The van der Waals surface area contributed by atoms with E-state index in [2.05, 4.69) is 4.98 Å². The number of carbonyl (C=O) groups is 2. The van der Waals surface area contributed by atoms with Crippen molar-refractivity contribution < 1.29 is 24.2 Å². The van der Waals surface area contributed by atoms with Gasteiger partial charge in [-0.3, -0.25) is 14.5 Å². The molecule has 188 valence electrons. The number of aromatic nitrogens is 1. The van der Waals surface area contributed by atoms with E-state index >= 15 is 0 Å². The van der Waals surface area contributed by atoms with Crippen LogP contribution in [0.3, 0.4) is 0 Å². The molecule has 8 heteroatoms. The molecule has 1 amide bonds. The zero-order valence-electron chi connectivity index (χ0n) is 20.7. The monoisotopic (exact) mass is 514 g/mol. The van der Waals surface area contributed by atoms with E-state index in [-0.39, 0.29) is 11.3 Å². The lowest BCUT2D eigenvalue weighted by Gasteiger charge is -2.23. The van der Waals surface area contributed by atoms with Gasteiger partial charge in [-0.15, -0.1) is 0 Å². The number of ketones is 1. The van der Waals surface area contributed by atoms with Crippen LogP contribution < -0.4 is 14.4 Å². The summed E-state index contributed by atoms with van der Waals surface area (Å²) in [5.74, 6) is -0.496. The van der Waals surface area contributed by atoms with Crippen LogP contribution in [-0.4, -0.2) is 35.0 Å². The molecule has 0 bridgehead atoms. The third-order valence-corrected chi connectivity index (χ3v) is 7.14. The topological polar surface area (TPSA) is 89.0 Å². The van der Waals surface area contributed by atoms with Gasteiger partial charge in [-0.05, 0) is 56.7 Å². The van der Waals surface area contributed by atoms with Gasteiger partial charge in [-0.1, -0.05) is 53.3 Å². The van der Waals surface area contributed by atoms with Gasteiger partial charge in [-0.25, -0.2) is 4.98 Å². The minimum atomic E-state index is -0.844. The Balaban J connectivity index is 1.68. The summed E-state index contributed by atoms with van der Waals surface area (Å²) in [6, 6.07) is 19.1. The highest BCUT2D eigenvalue weighted by atomic mass is 32.1. The second-order valence-corrected chi connectivity index (χ2v) is 9.61. The number of hydrogen-bond acceptors (Lipinski definition) is 7. The highest BCUT2D eigenvalue weighted by Gasteiger charge is 2.48. The molecule has 2 heterocycles. The molecule has 5 rings (SSSR count). The Morgan fingerprint density at radius 1 is 0.973 bits per heavy atom. The number of anilines is 1. The van der Waals surface area contributed by atoms with Crippen LogP contribution >= 0.6 is 11.3 Å². The second-order valence-electron chi connectivity index (χ2n) is 8.60. The molecule has 0 spiro atoms. The maximum atomic E-state index is 13.5. The van der Waals surface area contributed by atoms with E-state index in [9.17, 15) is 14.7 Å². The van der Waals surface area contributed by atoms with Crippen LogP contribution in [0, 0.1) is 6.92 Å². The Hall–Kier alpha value is -4.17. The van der Waals surface area contributed by atoms with Crippen molar-refractivity contribution in [2.75, 3.05) is 18.1 Å². The number of aliphatic hydroxyl groups is 1. The predicted octanol–water partition coefficient (Wildman–Crippen LogP) is 6.03. The molecule has 1 aliphatic rings. The fourth-order valence-electron chi connectivity index (χ4n) is 4.40. The van der Waals surface area contributed by atoms with E-state index in [4.69, 9.17) is 9.47 Å². The number of aryl methyl sites for hydroxylation is 1. The van der Waals surface area contributed by atoms with Crippen LogP contribution in [0.25, 0.3) is 16.0 Å². The molecule has 3 aromatic carbocycles. The number of amides is 1. The largest absolute Gasteiger partial charge is 0.507 e. The van der Waals surface area contributed by atoms with Gasteiger partial charge >= 0.3 is 5.91 Å². The van der Waals surface area contributed by atoms with Crippen molar-refractivity contribution in [2.45, 2.75) is 26.8 Å². The first kappa shape index (κ1) is 24.5. The second kappa shape index (κ2) is 10.1. The van der Waals surface area contributed by atoms with Gasteiger partial charge in [0.15, 0.2) is 5.13 Å². The van der Waals surface area contributed by atoms with Crippen molar-refractivity contribution >= 4 is 44.1 Å². The summed E-state index contributed by atoms with van der Waals surface area (Å²) >= 11 is 1.30.